The summed E-state index contributed by atoms with van der Waals surface area (Å²) >= 11 is 3.35. The summed E-state index contributed by atoms with van der Waals surface area (Å²) in [5.41, 5.74) is 0.778. The fourth-order valence-electron chi connectivity index (χ4n) is 1.62. The molecule has 0 aliphatic heterocycles. The van der Waals surface area contributed by atoms with Gasteiger partial charge in [0.25, 0.3) is 0 Å². The highest BCUT2D eigenvalue weighted by molar-refractivity contribution is 9.10. The Labute approximate surface area is 120 Å². The van der Waals surface area contributed by atoms with Crippen LogP contribution in [0.4, 0.5) is 5.69 Å². The SMILES string of the molecule is C[C@H](NCC(=O)Nc1ccc(Br)cc1)c1ccco1. The molecule has 2 N–H and O–H groups in total. The van der Waals surface area contributed by atoms with E-state index in [1.54, 1.807) is 6.26 Å². The molecule has 100 valence electrons. The van der Waals surface area contributed by atoms with Gasteiger partial charge in [-0.3, -0.25) is 10.1 Å². The zero-order chi connectivity index (χ0) is 13.7. The molecule has 0 radical (unpaired) electrons. The smallest absolute Gasteiger partial charge is 0.238 e. The topological polar surface area (TPSA) is 54.3 Å². The Morgan fingerprint density at radius 2 is 2.05 bits per heavy atom. The zero-order valence-electron chi connectivity index (χ0n) is 10.5. The molecule has 0 aliphatic rings. The average molecular weight is 323 g/mol. The molecule has 0 aliphatic carbocycles. The number of rotatable bonds is 5. The lowest BCUT2D eigenvalue weighted by Gasteiger charge is -2.11. The predicted molar refractivity (Wildman–Crippen MR) is 77.9 cm³/mol. The lowest BCUT2D eigenvalue weighted by atomic mass is 10.2. The van der Waals surface area contributed by atoms with Gasteiger partial charge in [0.15, 0.2) is 0 Å². The molecular weight excluding hydrogens is 308 g/mol. The molecule has 0 unspecified atom stereocenters. The van der Waals surface area contributed by atoms with Crippen LogP contribution in [0.1, 0.15) is 18.7 Å². The van der Waals surface area contributed by atoms with Crippen molar-refractivity contribution in [2.75, 3.05) is 11.9 Å². The molecule has 4 nitrogen and oxygen atoms in total. The first-order chi connectivity index (χ1) is 9.15. The first-order valence-electron chi connectivity index (χ1n) is 5.97. The number of carbonyl (C=O) groups excluding carboxylic acids is 1. The Kier molecular flexibility index (Phi) is 4.76. The molecule has 1 atom stereocenters. The van der Waals surface area contributed by atoms with Gasteiger partial charge in [-0.2, -0.15) is 0 Å². The number of furan rings is 1. The number of benzene rings is 1. The van der Waals surface area contributed by atoms with E-state index in [0.717, 1.165) is 15.9 Å². The van der Waals surface area contributed by atoms with Crippen LogP contribution in [0.5, 0.6) is 0 Å². The second kappa shape index (κ2) is 6.54. The molecule has 2 aromatic rings. The minimum atomic E-state index is -0.0827. The molecule has 2 rings (SSSR count). The number of hydrogen-bond acceptors (Lipinski definition) is 3. The van der Waals surface area contributed by atoms with Crippen molar-refractivity contribution in [2.45, 2.75) is 13.0 Å². The normalized spacial score (nSPS) is 12.1. The molecule has 0 fully saturated rings. The van der Waals surface area contributed by atoms with Crippen LogP contribution < -0.4 is 10.6 Å². The van der Waals surface area contributed by atoms with Gasteiger partial charge in [0, 0.05) is 10.2 Å². The molecule has 0 saturated carbocycles. The second-order valence-electron chi connectivity index (χ2n) is 4.17. The minimum Gasteiger partial charge on any atom is -0.468 e. The molecule has 0 spiro atoms. The van der Waals surface area contributed by atoms with E-state index < -0.39 is 0 Å². The first-order valence-corrected chi connectivity index (χ1v) is 6.76. The minimum absolute atomic E-state index is 0.00525. The van der Waals surface area contributed by atoms with Crippen molar-refractivity contribution in [1.29, 1.82) is 0 Å². The monoisotopic (exact) mass is 322 g/mol. The van der Waals surface area contributed by atoms with Gasteiger partial charge in [-0.1, -0.05) is 15.9 Å². The van der Waals surface area contributed by atoms with E-state index in [2.05, 4.69) is 26.6 Å². The standard InChI is InChI=1S/C14H15BrN2O2/c1-10(13-3-2-8-19-13)16-9-14(18)17-12-6-4-11(15)5-7-12/h2-8,10,16H,9H2,1H3,(H,17,18)/t10-/m0/s1. The second-order valence-corrected chi connectivity index (χ2v) is 5.09. The van der Waals surface area contributed by atoms with E-state index in [9.17, 15) is 4.79 Å². The number of amides is 1. The van der Waals surface area contributed by atoms with Crippen LogP contribution in [0.25, 0.3) is 0 Å². The number of nitrogens with one attached hydrogen (secondary N) is 2. The average Bonchev–Trinajstić information content (AvgIpc) is 2.93. The van der Waals surface area contributed by atoms with Crippen LogP contribution in [0.15, 0.2) is 51.6 Å². The van der Waals surface area contributed by atoms with Gasteiger partial charge in [-0.25, -0.2) is 0 Å². The third kappa shape index (κ3) is 4.22. The van der Waals surface area contributed by atoms with Gasteiger partial charge < -0.3 is 9.73 Å². The van der Waals surface area contributed by atoms with E-state index in [4.69, 9.17) is 4.42 Å². The first kappa shape index (κ1) is 13.8. The molecule has 0 bridgehead atoms. The third-order valence-corrected chi connectivity index (χ3v) is 3.20. The van der Waals surface area contributed by atoms with Crippen molar-refractivity contribution in [3.8, 4) is 0 Å². The van der Waals surface area contributed by atoms with Crippen molar-refractivity contribution in [3.63, 3.8) is 0 Å². The van der Waals surface area contributed by atoms with E-state index in [1.165, 1.54) is 0 Å². The lowest BCUT2D eigenvalue weighted by molar-refractivity contribution is -0.115. The van der Waals surface area contributed by atoms with Crippen molar-refractivity contribution in [2.24, 2.45) is 0 Å². The Hall–Kier alpha value is -1.59. The van der Waals surface area contributed by atoms with Gasteiger partial charge in [-0.15, -0.1) is 0 Å². The molecule has 5 heteroatoms. The fraction of sp³-hybridized carbons (Fsp3) is 0.214. The van der Waals surface area contributed by atoms with Gasteiger partial charge in [0.2, 0.25) is 5.91 Å². The van der Waals surface area contributed by atoms with Crippen LogP contribution in [0, 0.1) is 0 Å². The largest absolute Gasteiger partial charge is 0.468 e. The van der Waals surface area contributed by atoms with Crippen LogP contribution in [-0.4, -0.2) is 12.5 Å². The molecular formula is C14H15BrN2O2. The Balaban J connectivity index is 1.80. The maximum Gasteiger partial charge on any atom is 0.238 e. The number of halogens is 1. The van der Waals surface area contributed by atoms with Crippen molar-refractivity contribution >= 4 is 27.5 Å². The summed E-state index contributed by atoms with van der Waals surface area (Å²) in [4.78, 5) is 11.8. The fourth-order valence-corrected chi connectivity index (χ4v) is 1.89. The summed E-state index contributed by atoms with van der Waals surface area (Å²) in [6, 6.07) is 11.2. The van der Waals surface area contributed by atoms with Crippen molar-refractivity contribution in [3.05, 3.63) is 52.9 Å². The van der Waals surface area contributed by atoms with Crippen LogP contribution in [0.2, 0.25) is 0 Å². The quantitative estimate of drug-likeness (QED) is 0.887. The van der Waals surface area contributed by atoms with E-state index in [1.807, 2.05) is 43.3 Å². The highest BCUT2D eigenvalue weighted by Gasteiger charge is 2.09. The molecule has 1 aromatic carbocycles. The molecule has 0 saturated heterocycles. The highest BCUT2D eigenvalue weighted by atomic mass is 79.9. The van der Waals surface area contributed by atoms with Gasteiger partial charge in [-0.05, 0) is 43.3 Å². The maximum absolute atomic E-state index is 11.8. The van der Waals surface area contributed by atoms with Crippen LogP contribution in [-0.2, 0) is 4.79 Å². The van der Waals surface area contributed by atoms with E-state index in [-0.39, 0.29) is 18.5 Å². The summed E-state index contributed by atoms with van der Waals surface area (Å²) in [6.07, 6.45) is 1.62. The lowest BCUT2D eigenvalue weighted by Crippen LogP contribution is -2.29. The maximum atomic E-state index is 11.8. The molecule has 1 heterocycles. The van der Waals surface area contributed by atoms with Crippen molar-refractivity contribution in [1.82, 2.24) is 5.32 Å². The van der Waals surface area contributed by atoms with Crippen molar-refractivity contribution < 1.29 is 9.21 Å². The van der Waals surface area contributed by atoms with Gasteiger partial charge >= 0.3 is 0 Å². The summed E-state index contributed by atoms with van der Waals surface area (Å²) in [5.74, 6) is 0.733. The zero-order valence-corrected chi connectivity index (χ0v) is 12.1. The predicted octanol–water partition coefficient (Wildman–Crippen LogP) is 3.33. The number of hydrogen-bond donors (Lipinski definition) is 2. The van der Waals surface area contributed by atoms with Gasteiger partial charge in [0.1, 0.15) is 5.76 Å². The summed E-state index contributed by atoms with van der Waals surface area (Å²) in [7, 11) is 0. The van der Waals surface area contributed by atoms with E-state index in [0.29, 0.717) is 0 Å². The Bertz CT molecular complexity index is 523. The summed E-state index contributed by atoms with van der Waals surface area (Å²) in [6.45, 7) is 2.18. The number of carbonyl (C=O) groups is 1. The summed E-state index contributed by atoms with van der Waals surface area (Å²) < 4.78 is 6.24. The molecule has 1 amide bonds. The third-order valence-electron chi connectivity index (χ3n) is 2.67. The number of anilines is 1. The van der Waals surface area contributed by atoms with Crippen LogP contribution in [0.3, 0.4) is 0 Å². The Morgan fingerprint density at radius 1 is 1.32 bits per heavy atom. The van der Waals surface area contributed by atoms with Crippen LogP contribution >= 0.6 is 15.9 Å². The molecule has 1 aromatic heterocycles. The molecule has 19 heavy (non-hydrogen) atoms. The highest BCUT2D eigenvalue weighted by Crippen LogP contribution is 2.14. The van der Waals surface area contributed by atoms with Gasteiger partial charge in [0.05, 0.1) is 18.8 Å². The van der Waals surface area contributed by atoms with E-state index >= 15 is 0 Å². The Morgan fingerprint density at radius 3 is 2.68 bits per heavy atom. The summed E-state index contributed by atoms with van der Waals surface area (Å²) in [5, 5.41) is 5.92.